The smallest absolute Gasteiger partial charge is 0.168 e. The molecule has 2 aromatic carbocycles. The van der Waals surface area contributed by atoms with E-state index in [2.05, 4.69) is 4.98 Å². The highest BCUT2D eigenvalue weighted by Crippen LogP contribution is 2.18. The van der Waals surface area contributed by atoms with E-state index < -0.39 is 12.0 Å². The number of Topliss-reactive ketones (excluding diaryl/α,β-unsaturated/α-hetero) is 1. The zero-order chi connectivity index (χ0) is 19.9. The average Bonchev–Trinajstić information content (AvgIpc) is 3.11. The Labute approximate surface area is 163 Å². The first-order valence-electron chi connectivity index (χ1n) is 9.43. The number of H-pyrrole nitrogens is 1. The van der Waals surface area contributed by atoms with Crippen LogP contribution in [0.1, 0.15) is 29.3 Å². The van der Waals surface area contributed by atoms with E-state index in [1.165, 1.54) is 0 Å². The molecule has 0 radical (unpaired) electrons. The van der Waals surface area contributed by atoms with Gasteiger partial charge in [0.1, 0.15) is 11.8 Å². The predicted octanol–water partition coefficient (Wildman–Crippen LogP) is 1.06. The summed E-state index contributed by atoms with van der Waals surface area (Å²) in [5, 5.41) is 14.2. The van der Waals surface area contributed by atoms with Crippen molar-refractivity contribution in [2.45, 2.75) is 25.8 Å². The first-order valence-corrected chi connectivity index (χ1v) is 9.43. The molecule has 3 rings (SSSR count). The number of para-hydroxylation sites is 1. The third-order valence-corrected chi connectivity index (χ3v) is 4.73. The number of hydrogen-bond donors (Lipinski definition) is 2. The fourth-order valence-corrected chi connectivity index (χ4v) is 3.26. The van der Waals surface area contributed by atoms with Crippen LogP contribution in [0.5, 0.6) is 5.75 Å². The van der Waals surface area contributed by atoms with E-state index in [4.69, 9.17) is 4.74 Å². The van der Waals surface area contributed by atoms with E-state index in [-0.39, 0.29) is 12.2 Å². The number of rotatable bonds is 10. The van der Waals surface area contributed by atoms with E-state index in [0.717, 1.165) is 22.2 Å². The number of carbonyl (C=O) groups is 2. The minimum Gasteiger partial charge on any atom is -0.544 e. The topological polar surface area (TPSA) is 98.8 Å². The molecule has 0 aliphatic carbocycles. The van der Waals surface area contributed by atoms with E-state index >= 15 is 0 Å². The molecule has 1 aromatic heterocycles. The maximum absolute atomic E-state index is 12.3. The van der Waals surface area contributed by atoms with Crippen molar-refractivity contribution < 1.29 is 24.7 Å². The van der Waals surface area contributed by atoms with Crippen LogP contribution in [0.15, 0.2) is 54.7 Å². The molecule has 146 valence electrons. The lowest BCUT2D eigenvalue weighted by Crippen LogP contribution is -2.93. The first-order chi connectivity index (χ1) is 13.6. The first kappa shape index (κ1) is 19.6. The van der Waals surface area contributed by atoms with Crippen molar-refractivity contribution in [2.75, 3.05) is 13.2 Å². The van der Waals surface area contributed by atoms with Gasteiger partial charge >= 0.3 is 0 Å². The Balaban J connectivity index is 1.56. The van der Waals surface area contributed by atoms with Gasteiger partial charge in [-0.1, -0.05) is 18.2 Å². The summed E-state index contributed by atoms with van der Waals surface area (Å²) in [4.78, 5) is 27.0. The zero-order valence-corrected chi connectivity index (χ0v) is 15.8. The van der Waals surface area contributed by atoms with Gasteiger partial charge in [-0.25, -0.2) is 0 Å². The number of aromatic amines is 1. The number of nitrogens with two attached hydrogens (primary N) is 1. The molecule has 0 saturated carbocycles. The number of quaternary nitrogens is 1. The Morgan fingerprint density at radius 2 is 1.89 bits per heavy atom. The lowest BCUT2D eigenvalue weighted by atomic mass is 10.0. The summed E-state index contributed by atoms with van der Waals surface area (Å²) >= 11 is 0. The molecule has 6 nitrogen and oxygen atoms in total. The van der Waals surface area contributed by atoms with Gasteiger partial charge in [-0.15, -0.1) is 0 Å². The Kier molecular flexibility index (Phi) is 6.45. The van der Waals surface area contributed by atoms with Gasteiger partial charge in [0.25, 0.3) is 0 Å². The molecular weight excluding hydrogens is 356 g/mol. The number of ketones is 1. The minimum absolute atomic E-state index is 0.0245. The van der Waals surface area contributed by atoms with Gasteiger partial charge in [0, 0.05) is 29.1 Å². The SMILES string of the molecule is CCOc1ccc(C(=O)CC[NH2+]C(Cc2c[nH]c3ccccc23)C(=O)[O-])cc1. The van der Waals surface area contributed by atoms with Crippen LogP contribution in [0.3, 0.4) is 0 Å². The molecule has 28 heavy (non-hydrogen) atoms. The van der Waals surface area contributed by atoms with Crippen molar-refractivity contribution in [3.05, 3.63) is 65.9 Å². The number of carboxylic acid groups (broad SMARTS) is 1. The van der Waals surface area contributed by atoms with Crippen molar-refractivity contribution in [3.8, 4) is 5.75 Å². The quantitative estimate of drug-likeness (QED) is 0.514. The number of nitrogens with one attached hydrogen (secondary N) is 1. The second kappa shape index (κ2) is 9.19. The van der Waals surface area contributed by atoms with E-state index in [1.54, 1.807) is 29.6 Å². The molecule has 0 saturated heterocycles. The molecule has 6 heteroatoms. The van der Waals surface area contributed by atoms with E-state index in [0.29, 0.717) is 25.1 Å². The molecule has 1 atom stereocenters. The Hall–Kier alpha value is -3.12. The molecule has 1 heterocycles. The third-order valence-electron chi connectivity index (χ3n) is 4.73. The second-order valence-electron chi connectivity index (χ2n) is 6.64. The summed E-state index contributed by atoms with van der Waals surface area (Å²) in [6.45, 7) is 2.86. The molecular formula is C22H24N2O4. The second-order valence-corrected chi connectivity index (χ2v) is 6.64. The van der Waals surface area contributed by atoms with Crippen LogP contribution in [0.2, 0.25) is 0 Å². The van der Waals surface area contributed by atoms with Crippen LogP contribution >= 0.6 is 0 Å². The molecule has 0 amide bonds. The van der Waals surface area contributed by atoms with Gasteiger partial charge in [-0.3, -0.25) is 4.79 Å². The number of carboxylic acids is 1. The molecule has 1 unspecified atom stereocenters. The van der Waals surface area contributed by atoms with Crippen molar-refractivity contribution in [1.82, 2.24) is 4.98 Å². The predicted molar refractivity (Wildman–Crippen MR) is 104 cm³/mol. The number of ether oxygens (including phenoxy) is 1. The number of aromatic nitrogens is 1. The highest BCUT2D eigenvalue weighted by Gasteiger charge is 2.17. The van der Waals surface area contributed by atoms with Crippen LogP contribution in [0.25, 0.3) is 10.9 Å². The van der Waals surface area contributed by atoms with Gasteiger partial charge < -0.3 is 24.9 Å². The van der Waals surface area contributed by atoms with E-state index in [1.807, 2.05) is 37.4 Å². The standard InChI is InChI=1S/C22H24N2O4/c1-2-28-17-9-7-15(8-10-17)21(25)11-12-23-20(22(26)27)13-16-14-24-19-6-4-3-5-18(16)19/h3-10,14,20,23-24H,2,11-13H2,1H3,(H,26,27). The molecule has 3 N–H and O–H groups in total. The monoisotopic (exact) mass is 380 g/mol. The molecule has 0 fully saturated rings. The van der Waals surface area contributed by atoms with Crippen molar-refractivity contribution in [3.63, 3.8) is 0 Å². The maximum Gasteiger partial charge on any atom is 0.168 e. The highest BCUT2D eigenvalue weighted by molar-refractivity contribution is 5.96. The largest absolute Gasteiger partial charge is 0.544 e. The summed E-state index contributed by atoms with van der Waals surface area (Å²) in [5.41, 5.74) is 2.50. The van der Waals surface area contributed by atoms with Crippen molar-refractivity contribution in [2.24, 2.45) is 0 Å². The Morgan fingerprint density at radius 1 is 1.14 bits per heavy atom. The summed E-state index contributed by atoms with van der Waals surface area (Å²) in [7, 11) is 0. The number of carbonyl (C=O) groups excluding carboxylic acids is 2. The summed E-state index contributed by atoms with van der Waals surface area (Å²) in [5.74, 6) is -0.427. The molecule has 0 spiro atoms. The molecule has 3 aromatic rings. The van der Waals surface area contributed by atoms with Gasteiger partial charge in [-0.05, 0) is 42.8 Å². The highest BCUT2D eigenvalue weighted by atomic mass is 16.5. The zero-order valence-electron chi connectivity index (χ0n) is 15.8. The summed E-state index contributed by atoms with van der Waals surface area (Å²) < 4.78 is 5.37. The Bertz CT molecular complexity index is 947. The average molecular weight is 380 g/mol. The van der Waals surface area contributed by atoms with E-state index in [9.17, 15) is 14.7 Å². The maximum atomic E-state index is 12.3. The van der Waals surface area contributed by atoms with Crippen LogP contribution < -0.4 is 15.2 Å². The number of benzene rings is 2. The van der Waals surface area contributed by atoms with Gasteiger partial charge in [0.15, 0.2) is 5.78 Å². The number of fused-ring (bicyclic) bond motifs is 1. The summed E-state index contributed by atoms with van der Waals surface area (Å²) in [6.07, 6.45) is 2.43. The number of aliphatic carboxylic acids is 1. The lowest BCUT2D eigenvalue weighted by molar-refractivity contribution is -0.682. The van der Waals surface area contributed by atoms with Gasteiger partial charge in [0.2, 0.25) is 0 Å². The fourth-order valence-electron chi connectivity index (χ4n) is 3.26. The van der Waals surface area contributed by atoms with Crippen LogP contribution in [0, 0.1) is 0 Å². The van der Waals surface area contributed by atoms with Gasteiger partial charge in [-0.2, -0.15) is 0 Å². The summed E-state index contributed by atoms with van der Waals surface area (Å²) in [6, 6.07) is 14.0. The Morgan fingerprint density at radius 3 is 2.61 bits per heavy atom. The molecule has 0 aliphatic rings. The normalized spacial score (nSPS) is 12.0. The molecule has 0 bridgehead atoms. The fraction of sp³-hybridized carbons (Fsp3) is 0.273. The van der Waals surface area contributed by atoms with Crippen LogP contribution in [0.4, 0.5) is 0 Å². The molecule has 0 aliphatic heterocycles. The van der Waals surface area contributed by atoms with Crippen LogP contribution in [-0.2, 0) is 11.2 Å². The minimum atomic E-state index is -1.13. The lowest BCUT2D eigenvalue weighted by Gasteiger charge is -2.16. The van der Waals surface area contributed by atoms with Crippen molar-refractivity contribution >= 4 is 22.7 Å². The van der Waals surface area contributed by atoms with Crippen LogP contribution in [-0.4, -0.2) is 35.9 Å². The number of hydrogen-bond acceptors (Lipinski definition) is 4. The third kappa shape index (κ3) is 4.78. The van der Waals surface area contributed by atoms with Crippen molar-refractivity contribution in [1.29, 1.82) is 0 Å². The van der Waals surface area contributed by atoms with Gasteiger partial charge in [0.05, 0.1) is 25.5 Å².